The summed E-state index contributed by atoms with van der Waals surface area (Å²) in [4.78, 5) is 21.1. The zero-order valence-electron chi connectivity index (χ0n) is 8.39. The van der Waals surface area contributed by atoms with Crippen LogP contribution in [0.25, 0.3) is 0 Å². The fraction of sp³-hybridized carbons (Fsp3) is 0.800. The molecule has 0 bridgehead atoms. The van der Waals surface area contributed by atoms with Crippen LogP contribution in [0.2, 0.25) is 0 Å². The van der Waals surface area contributed by atoms with Gasteiger partial charge in [0, 0.05) is 12.8 Å². The quantitative estimate of drug-likeness (QED) is 0.593. The standard InChI is InChI=1S/C10H18O2/c1-8(5-6-11)10(3,4)7-9(2)12/h6,8H,5,7H2,1-4H3. The summed E-state index contributed by atoms with van der Waals surface area (Å²) in [6.45, 7) is 7.66. The van der Waals surface area contributed by atoms with E-state index in [2.05, 4.69) is 0 Å². The summed E-state index contributed by atoms with van der Waals surface area (Å²) in [5.74, 6) is 0.469. The van der Waals surface area contributed by atoms with Gasteiger partial charge in [-0.15, -0.1) is 0 Å². The van der Waals surface area contributed by atoms with E-state index in [0.29, 0.717) is 12.8 Å². The second-order valence-corrected chi connectivity index (χ2v) is 4.17. The number of rotatable bonds is 5. The third-order valence-electron chi connectivity index (χ3n) is 2.49. The monoisotopic (exact) mass is 170 g/mol. The lowest BCUT2D eigenvalue weighted by molar-refractivity contribution is -0.120. The van der Waals surface area contributed by atoms with Gasteiger partial charge in [0.15, 0.2) is 0 Å². The second-order valence-electron chi connectivity index (χ2n) is 4.17. The van der Waals surface area contributed by atoms with Gasteiger partial charge in [-0.05, 0) is 18.3 Å². The van der Waals surface area contributed by atoms with Crippen molar-refractivity contribution in [1.29, 1.82) is 0 Å². The van der Waals surface area contributed by atoms with Crippen molar-refractivity contribution in [3.05, 3.63) is 0 Å². The minimum Gasteiger partial charge on any atom is -0.303 e. The van der Waals surface area contributed by atoms with E-state index in [9.17, 15) is 9.59 Å². The zero-order valence-corrected chi connectivity index (χ0v) is 8.39. The van der Waals surface area contributed by atoms with E-state index >= 15 is 0 Å². The number of aldehydes is 1. The first-order chi connectivity index (χ1) is 5.40. The Balaban J connectivity index is 4.16. The molecule has 0 aromatic heterocycles. The lowest BCUT2D eigenvalue weighted by Gasteiger charge is -2.29. The van der Waals surface area contributed by atoms with Gasteiger partial charge in [-0.3, -0.25) is 0 Å². The zero-order chi connectivity index (χ0) is 9.78. The van der Waals surface area contributed by atoms with Crippen molar-refractivity contribution in [2.24, 2.45) is 11.3 Å². The van der Waals surface area contributed by atoms with Gasteiger partial charge >= 0.3 is 0 Å². The van der Waals surface area contributed by atoms with Gasteiger partial charge in [0.05, 0.1) is 0 Å². The van der Waals surface area contributed by atoms with Crippen molar-refractivity contribution in [2.45, 2.75) is 40.5 Å². The summed E-state index contributed by atoms with van der Waals surface area (Å²) in [6, 6.07) is 0. The molecular weight excluding hydrogens is 152 g/mol. The molecule has 1 unspecified atom stereocenters. The number of ketones is 1. The van der Waals surface area contributed by atoms with Crippen LogP contribution in [-0.4, -0.2) is 12.1 Å². The van der Waals surface area contributed by atoms with Gasteiger partial charge in [0.1, 0.15) is 12.1 Å². The highest BCUT2D eigenvalue weighted by atomic mass is 16.1. The van der Waals surface area contributed by atoms with Crippen LogP contribution in [0.5, 0.6) is 0 Å². The summed E-state index contributed by atoms with van der Waals surface area (Å²) in [5, 5.41) is 0. The molecule has 0 fully saturated rings. The fourth-order valence-electron chi connectivity index (χ4n) is 1.28. The molecule has 12 heavy (non-hydrogen) atoms. The van der Waals surface area contributed by atoms with Crippen LogP contribution in [0.1, 0.15) is 40.5 Å². The maximum Gasteiger partial charge on any atom is 0.130 e. The highest BCUT2D eigenvalue weighted by Crippen LogP contribution is 2.32. The number of hydrogen-bond donors (Lipinski definition) is 0. The number of carbonyl (C=O) groups excluding carboxylic acids is 2. The van der Waals surface area contributed by atoms with Crippen molar-refractivity contribution in [3.8, 4) is 0 Å². The van der Waals surface area contributed by atoms with Gasteiger partial charge < -0.3 is 9.59 Å². The molecule has 0 aliphatic carbocycles. The first-order valence-corrected chi connectivity index (χ1v) is 4.33. The van der Waals surface area contributed by atoms with E-state index < -0.39 is 0 Å². The third-order valence-corrected chi connectivity index (χ3v) is 2.49. The van der Waals surface area contributed by atoms with Gasteiger partial charge in [-0.25, -0.2) is 0 Å². The lowest BCUT2D eigenvalue weighted by atomic mass is 9.75. The van der Waals surface area contributed by atoms with Crippen molar-refractivity contribution in [1.82, 2.24) is 0 Å². The van der Waals surface area contributed by atoms with Crippen molar-refractivity contribution >= 4 is 12.1 Å². The van der Waals surface area contributed by atoms with Crippen LogP contribution >= 0.6 is 0 Å². The first-order valence-electron chi connectivity index (χ1n) is 4.33. The van der Waals surface area contributed by atoms with E-state index in [4.69, 9.17) is 0 Å². The normalized spacial score (nSPS) is 14.0. The summed E-state index contributed by atoms with van der Waals surface area (Å²) in [6.07, 6.45) is 2.02. The minimum atomic E-state index is -0.0489. The van der Waals surface area contributed by atoms with Crippen LogP contribution < -0.4 is 0 Å². The maximum atomic E-state index is 10.9. The summed E-state index contributed by atoms with van der Waals surface area (Å²) < 4.78 is 0. The summed E-state index contributed by atoms with van der Waals surface area (Å²) in [7, 11) is 0. The molecule has 0 saturated heterocycles. The Morgan fingerprint density at radius 1 is 1.50 bits per heavy atom. The molecule has 0 heterocycles. The molecule has 0 amide bonds. The molecule has 0 aliphatic rings. The molecule has 70 valence electrons. The number of hydrogen-bond acceptors (Lipinski definition) is 2. The first kappa shape index (κ1) is 11.3. The van der Waals surface area contributed by atoms with Crippen LogP contribution in [-0.2, 0) is 9.59 Å². The maximum absolute atomic E-state index is 10.9. The third kappa shape index (κ3) is 3.65. The Morgan fingerprint density at radius 2 is 2.00 bits per heavy atom. The fourth-order valence-corrected chi connectivity index (χ4v) is 1.28. The van der Waals surface area contributed by atoms with Crippen LogP contribution in [0.4, 0.5) is 0 Å². The van der Waals surface area contributed by atoms with Crippen LogP contribution in [0.15, 0.2) is 0 Å². The SMILES string of the molecule is CC(=O)CC(C)(C)C(C)CC=O. The van der Waals surface area contributed by atoms with Gasteiger partial charge in [-0.2, -0.15) is 0 Å². The number of Topliss-reactive ketones (excluding diaryl/α,β-unsaturated/α-hetero) is 1. The Bertz CT molecular complexity index is 171. The summed E-state index contributed by atoms with van der Waals surface area (Å²) in [5.41, 5.74) is -0.0489. The Labute approximate surface area is 74.3 Å². The average molecular weight is 170 g/mol. The molecule has 1 atom stereocenters. The van der Waals surface area contributed by atoms with E-state index in [-0.39, 0.29) is 17.1 Å². The van der Waals surface area contributed by atoms with E-state index in [0.717, 1.165) is 6.29 Å². The second kappa shape index (κ2) is 4.39. The molecule has 0 N–H and O–H groups in total. The molecule has 2 heteroatoms. The molecule has 0 spiro atoms. The van der Waals surface area contributed by atoms with Gasteiger partial charge in [-0.1, -0.05) is 20.8 Å². The van der Waals surface area contributed by atoms with E-state index in [1.165, 1.54) is 0 Å². The molecule has 0 aromatic carbocycles. The van der Waals surface area contributed by atoms with E-state index in [1.54, 1.807) is 6.92 Å². The molecular formula is C10H18O2. The largest absolute Gasteiger partial charge is 0.303 e. The molecule has 2 nitrogen and oxygen atoms in total. The predicted octanol–water partition coefficient (Wildman–Crippen LogP) is 2.22. The molecule has 0 radical (unpaired) electrons. The highest BCUT2D eigenvalue weighted by molar-refractivity contribution is 5.76. The van der Waals surface area contributed by atoms with Crippen LogP contribution in [0.3, 0.4) is 0 Å². The topological polar surface area (TPSA) is 34.1 Å². The smallest absolute Gasteiger partial charge is 0.130 e. The molecule has 0 aliphatic heterocycles. The Morgan fingerprint density at radius 3 is 2.33 bits per heavy atom. The van der Waals surface area contributed by atoms with Gasteiger partial charge in [0.2, 0.25) is 0 Å². The molecule has 0 saturated carbocycles. The Hall–Kier alpha value is -0.660. The summed E-state index contributed by atoms with van der Waals surface area (Å²) >= 11 is 0. The average Bonchev–Trinajstić information content (AvgIpc) is 1.85. The molecule has 0 aromatic rings. The van der Waals surface area contributed by atoms with Crippen molar-refractivity contribution in [3.63, 3.8) is 0 Å². The lowest BCUT2D eigenvalue weighted by Crippen LogP contribution is -2.24. The van der Waals surface area contributed by atoms with Crippen molar-refractivity contribution in [2.75, 3.05) is 0 Å². The predicted molar refractivity (Wildman–Crippen MR) is 48.9 cm³/mol. The van der Waals surface area contributed by atoms with Crippen LogP contribution in [0, 0.1) is 11.3 Å². The minimum absolute atomic E-state index is 0.0489. The van der Waals surface area contributed by atoms with Gasteiger partial charge in [0.25, 0.3) is 0 Å². The Kier molecular flexibility index (Phi) is 4.15. The van der Waals surface area contributed by atoms with Crippen molar-refractivity contribution < 1.29 is 9.59 Å². The number of carbonyl (C=O) groups is 2. The molecule has 0 rings (SSSR count). The van der Waals surface area contributed by atoms with E-state index in [1.807, 2.05) is 20.8 Å². The highest BCUT2D eigenvalue weighted by Gasteiger charge is 2.26.